The fourth-order valence-corrected chi connectivity index (χ4v) is 2.62. The highest BCUT2D eigenvalue weighted by Gasteiger charge is 2.17. The van der Waals surface area contributed by atoms with Gasteiger partial charge in [0, 0.05) is 23.2 Å². The second kappa shape index (κ2) is 3.46. The summed E-state index contributed by atoms with van der Waals surface area (Å²) in [7, 11) is -2.94. The Morgan fingerprint density at radius 3 is 2.43 bits per heavy atom. The molecule has 4 heteroatoms. The highest BCUT2D eigenvalue weighted by atomic mass is 32.2. The van der Waals surface area contributed by atoms with Gasteiger partial charge in [0.2, 0.25) is 0 Å². The van der Waals surface area contributed by atoms with Crippen LogP contribution in [0.4, 0.5) is 5.69 Å². The Hall–Kier alpha value is -1.29. The molecule has 0 atom stereocenters. The molecule has 0 saturated heterocycles. The van der Waals surface area contributed by atoms with Gasteiger partial charge in [0.05, 0.1) is 5.75 Å². The van der Waals surface area contributed by atoms with E-state index in [9.17, 15) is 8.42 Å². The largest absolute Gasteiger partial charge is 0.358 e. The van der Waals surface area contributed by atoms with Crippen LogP contribution in [0.1, 0.15) is 6.42 Å². The van der Waals surface area contributed by atoms with Crippen LogP contribution in [0.5, 0.6) is 0 Å². The van der Waals surface area contributed by atoms with Crippen molar-refractivity contribution in [3.8, 4) is 0 Å². The zero-order valence-electron chi connectivity index (χ0n) is 7.60. The molecular formula is C10H11NO2S. The normalized spacial score (nSPS) is 19.0. The molecule has 1 aliphatic heterocycles. The van der Waals surface area contributed by atoms with Gasteiger partial charge in [-0.3, -0.25) is 0 Å². The third kappa shape index (κ3) is 2.14. The van der Waals surface area contributed by atoms with E-state index in [2.05, 4.69) is 5.32 Å². The summed E-state index contributed by atoms with van der Waals surface area (Å²) in [5.41, 5.74) is 1.70. The van der Waals surface area contributed by atoms with E-state index in [0.29, 0.717) is 6.42 Å². The van der Waals surface area contributed by atoms with Gasteiger partial charge in [0.1, 0.15) is 0 Å². The summed E-state index contributed by atoms with van der Waals surface area (Å²) >= 11 is 0. The maximum Gasteiger partial charge on any atom is 0.173 e. The molecule has 1 aromatic rings. The molecule has 1 N–H and O–H groups in total. The molecule has 0 fully saturated rings. The Kier molecular flexibility index (Phi) is 2.29. The number of rotatable bonds is 2. The average Bonchev–Trinajstić information content (AvgIpc) is 2.47. The van der Waals surface area contributed by atoms with Crippen LogP contribution in [0.3, 0.4) is 0 Å². The van der Waals surface area contributed by atoms with E-state index < -0.39 is 9.84 Å². The first kappa shape index (κ1) is 9.27. The van der Waals surface area contributed by atoms with Crippen LogP contribution in [0.25, 0.3) is 0 Å². The third-order valence-corrected chi connectivity index (χ3v) is 3.47. The lowest BCUT2D eigenvalue weighted by Gasteiger charge is -2.04. The maximum atomic E-state index is 11.1. The molecule has 0 unspecified atom stereocenters. The SMILES string of the molecule is O=S1(=O)C=C(Nc2ccccc2)CC1. The van der Waals surface area contributed by atoms with Gasteiger partial charge < -0.3 is 5.32 Å². The van der Waals surface area contributed by atoms with Crippen molar-refractivity contribution < 1.29 is 8.42 Å². The van der Waals surface area contributed by atoms with Gasteiger partial charge in [-0.15, -0.1) is 0 Å². The van der Waals surface area contributed by atoms with E-state index >= 15 is 0 Å². The molecule has 0 saturated carbocycles. The second-order valence-electron chi connectivity index (χ2n) is 3.25. The minimum absolute atomic E-state index is 0.224. The summed E-state index contributed by atoms with van der Waals surface area (Å²) in [5.74, 6) is 0.224. The smallest absolute Gasteiger partial charge is 0.173 e. The van der Waals surface area contributed by atoms with Gasteiger partial charge in [0.15, 0.2) is 9.84 Å². The summed E-state index contributed by atoms with van der Waals surface area (Å²) < 4.78 is 22.2. The zero-order valence-corrected chi connectivity index (χ0v) is 8.42. The van der Waals surface area contributed by atoms with E-state index in [1.807, 2.05) is 30.3 Å². The highest BCUT2D eigenvalue weighted by molar-refractivity contribution is 7.94. The van der Waals surface area contributed by atoms with Gasteiger partial charge in [-0.25, -0.2) is 8.42 Å². The van der Waals surface area contributed by atoms with Crippen molar-refractivity contribution in [1.82, 2.24) is 0 Å². The number of anilines is 1. The molecule has 0 aliphatic carbocycles. The predicted molar refractivity (Wildman–Crippen MR) is 56.6 cm³/mol. The summed E-state index contributed by atoms with van der Waals surface area (Å²) in [4.78, 5) is 0. The molecule has 3 nitrogen and oxygen atoms in total. The van der Waals surface area contributed by atoms with Gasteiger partial charge in [-0.1, -0.05) is 18.2 Å². The number of hydrogen-bond acceptors (Lipinski definition) is 3. The molecule has 1 heterocycles. The number of para-hydroxylation sites is 1. The van der Waals surface area contributed by atoms with E-state index in [1.54, 1.807) is 0 Å². The van der Waals surface area contributed by atoms with Gasteiger partial charge >= 0.3 is 0 Å². The average molecular weight is 209 g/mol. The molecule has 0 spiro atoms. The van der Waals surface area contributed by atoms with Crippen LogP contribution in [-0.2, 0) is 9.84 Å². The Morgan fingerprint density at radius 2 is 1.86 bits per heavy atom. The maximum absolute atomic E-state index is 11.1. The Balaban J connectivity index is 2.15. The number of hydrogen-bond donors (Lipinski definition) is 1. The molecule has 14 heavy (non-hydrogen) atoms. The molecule has 1 aliphatic rings. The Bertz CT molecular complexity index is 448. The van der Waals surface area contributed by atoms with Crippen molar-refractivity contribution in [3.63, 3.8) is 0 Å². The number of nitrogens with one attached hydrogen (secondary N) is 1. The predicted octanol–water partition coefficient (Wildman–Crippen LogP) is 1.76. The minimum atomic E-state index is -2.94. The van der Waals surface area contributed by atoms with Crippen molar-refractivity contribution in [3.05, 3.63) is 41.4 Å². The zero-order chi connectivity index (χ0) is 10.0. The molecule has 1 aromatic carbocycles. The van der Waals surface area contributed by atoms with Crippen LogP contribution < -0.4 is 5.32 Å². The van der Waals surface area contributed by atoms with Crippen LogP contribution in [0.15, 0.2) is 41.4 Å². The molecular weight excluding hydrogens is 198 g/mol. The summed E-state index contributed by atoms with van der Waals surface area (Å²) in [6.45, 7) is 0. The fourth-order valence-electron chi connectivity index (χ4n) is 1.39. The lowest BCUT2D eigenvalue weighted by molar-refractivity contribution is 0.606. The standard InChI is InChI=1S/C10H11NO2S/c12-14(13)7-6-10(8-14)11-9-4-2-1-3-5-9/h1-5,8,11H,6-7H2. The van der Waals surface area contributed by atoms with Crippen LogP contribution >= 0.6 is 0 Å². The molecule has 0 bridgehead atoms. The Morgan fingerprint density at radius 1 is 1.14 bits per heavy atom. The first-order valence-corrected chi connectivity index (χ1v) is 6.13. The topological polar surface area (TPSA) is 46.2 Å². The van der Waals surface area contributed by atoms with Gasteiger partial charge in [0.25, 0.3) is 0 Å². The number of allylic oxidation sites excluding steroid dienone is 1. The van der Waals surface area contributed by atoms with Crippen molar-refractivity contribution >= 4 is 15.5 Å². The van der Waals surface area contributed by atoms with E-state index in [0.717, 1.165) is 11.4 Å². The van der Waals surface area contributed by atoms with Crippen molar-refractivity contribution in [2.24, 2.45) is 0 Å². The van der Waals surface area contributed by atoms with Crippen molar-refractivity contribution in [2.75, 3.05) is 11.1 Å². The van der Waals surface area contributed by atoms with Crippen LogP contribution in [0.2, 0.25) is 0 Å². The monoisotopic (exact) mass is 209 g/mol. The first-order chi connectivity index (χ1) is 6.66. The lowest BCUT2D eigenvalue weighted by atomic mass is 10.3. The second-order valence-corrected chi connectivity index (χ2v) is 5.22. The minimum Gasteiger partial charge on any atom is -0.358 e. The highest BCUT2D eigenvalue weighted by Crippen LogP contribution is 2.18. The first-order valence-electron chi connectivity index (χ1n) is 4.41. The summed E-state index contributed by atoms with van der Waals surface area (Å²) in [5, 5.41) is 4.40. The van der Waals surface area contributed by atoms with Gasteiger partial charge in [-0.05, 0) is 12.1 Å². The summed E-state index contributed by atoms with van der Waals surface area (Å²) in [6.07, 6.45) is 0.581. The third-order valence-electron chi connectivity index (χ3n) is 2.06. The molecule has 0 radical (unpaired) electrons. The van der Waals surface area contributed by atoms with E-state index in [-0.39, 0.29) is 5.75 Å². The van der Waals surface area contributed by atoms with Crippen molar-refractivity contribution in [2.45, 2.75) is 6.42 Å². The molecule has 2 rings (SSSR count). The van der Waals surface area contributed by atoms with Gasteiger partial charge in [-0.2, -0.15) is 0 Å². The number of benzene rings is 1. The van der Waals surface area contributed by atoms with E-state index in [1.165, 1.54) is 5.41 Å². The van der Waals surface area contributed by atoms with Crippen molar-refractivity contribution in [1.29, 1.82) is 0 Å². The summed E-state index contributed by atoms with van der Waals surface area (Å²) in [6, 6.07) is 9.56. The molecule has 0 amide bonds. The molecule has 0 aromatic heterocycles. The van der Waals surface area contributed by atoms with E-state index in [4.69, 9.17) is 0 Å². The van der Waals surface area contributed by atoms with Crippen LogP contribution in [-0.4, -0.2) is 14.2 Å². The fraction of sp³-hybridized carbons (Fsp3) is 0.200. The van der Waals surface area contributed by atoms with Crippen LogP contribution in [0, 0.1) is 0 Å². The molecule has 74 valence electrons. The quantitative estimate of drug-likeness (QED) is 0.807. The number of sulfone groups is 1. The Labute approximate surface area is 83.4 Å². The lowest BCUT2D eigenvalue weighted by Crippen LogP contribution is -1.96.